The molecule has 0 rings (SSSR count). The Bertz CT molecular complexity index is 101. The summed E-state index contributed by atoms with van der Waals surface area (Å²) in [6, 6.07) is 0. The van der Waals surface area contributed by atoms with Crippen LogP contribution in [-0.4, -0.2) is 0 Å². The monoisotopic (exact) mass is 108 g/mol. The summed E-state index contributed by atoms with van der Waals surface area (Å²) in [5.41, 5.74) is 5.04. The molecule has 1 heteroatoms. The zero-order valence-corrected chi connectivity index (χ0v) is 4.75. The van der Waals surface area contributed by atoms with Gasteiger partial charge < -0.3 is 5.73 Å². The summed E-state index contributed by atoms with van der Waals surface area (Å²) in [6.07, 6.45) is 10.5. The highest BCUT2D eigenvalue weighted by molar-refractivity contribution is 5.11. The Morgan fingerprint density at radius 3 is 2.38 bits per heavy atom. The third-order valence-electron chi connectivity index (χ3n) is 0.581. The van der Waals surface area contributed by atoms with Crippen molar-refractivity contribution >= 4 is 0 Å². The smallest absolute Gasteiger partial charge is 0.00446 e. The normalized spacial score (nSPS) is 11.0. The van der Waals surface area contributed by atoms with Crippen LogP contribution in [0.4, 0.5) is 0 Å². The second-order valence-electron chi connectivity index (χ2n) is 1.20. The number of allylic oxidation sites excluding steroid dienone is 4. The van der Waals surface area contributed by atoms with Crippen molar-refractivity contribution in [1.29, 1.82) is 0 Å². The molecule has 0 unspecified atom stereocenters. The van der Waals surface area contributed by atoms with Crippen LogP contribution in [0.1, 0.15) is 0 Å². The molecule has 0 spiro atoms. The minimum atomic E-state index is 1.48. The predicted molar refractivity (Wildman–Crippen MR) is 37.0 cm³/mol. The van der Waals surface area contributed by atoms with Gasteiger partial charge >= 0.3 is 0 Å². The van der Waals surface area contributed by atoms with Gasteiger partial charge in [0.05, 0.1) is 0 Å². The largest absolute Gasteiger partial charge is 0.405 e. The molecule has 0 atom stereocenters. The third kappa shape index (κ3) is 5.02. The third-order valence-corrected chi connectivity index (χ3v) is 0.581. The average Bonchev–Trinajstić information content (AvgIpc) is 1.81. The Kier molecular flexibility index (Phi) is 5.28. The van der Waals surface area contributed by atoms with E-state index >= 15 is 0 Å². The standard InChI is InChI=1S/C7H10N/c1-2-3-4-5-6-7-8/h2-7H,1,8H2/b5-4-,7-6+. The lowest BCUT2D eigenvalue weighted by Crippen LogP contribution is -1.72. The van der Waals surface area contributed by atoms with Crippen LogP contribution in [0.3, 0.4) is 0 Å². The highest BCUT2D eigenvalue weighted by Gasteiger charge is 1.62. The molecule has 0 saturated heterocycles. The summed E-state index contributed by atoms with van der Waals surface area (Å²) in [6.45, 7) is 3.50. The van der Waals surface area contributed by atoms with Crippen molar-refractivity contribution in [2.75, 3.05) is 0 Å². The van der Waals surface area contributed by atoms with Crippen LogP contribution in [0.2, 0.25) is 0 Å². The van der Waals surface area contributed by atoms with E-state index in [0.717, 1.165) is 0 Å². The van der Waals surface area contributed by atoms with Crippen molar-refractivity contribution in [3.63, 3.8) is 0 Å². The van der Waals surface area contributed by atoms with Crippen LogP contribution in [0, 0.1) is 6.42 Å². The second kappa shape index (κ2) is 6.02. The number of hydrogen-bond donors (Lipinski definition) is 1. The van der Waals surface area contributed by atoms with Gasteiger partial charge in [0, 0.05) is 6.42 Å². The fraction of sp³-hybridized carbons (Fsp3) is 0. The van der Waals surface area contributed by atoms with Crippen LogP contribution in [0.5, 0.6) is 0 Å². The van der Waals surface area contributed by atoms with Crippen molar-refractivity contribution < 1.29 is 0 Å². The van der Waals surface area contributed by atoms with E-state index in [1.54, 1.807) is 12.2 Å². The first-order chi connectivity index (χ1) is 3.91. The first-order valence-corrected chi connectivity index (χ1v) is 2.41. The Labute approximate surface area is 50.2 Å². The number of nitrogens with two attached hydrogens (primary N) is 1. The van der Waals surface area contributed by atoms with E-state index in [-0.39, 0.29) is 0 Å². The van der Waals surface area contributed by atoms with Gasteiger partial charge in [-0.25, -0.2) is 0 Å². The van der Waals surface area contributed by atoms with Crippen LogP contribution in [-0.2, 0) is 0 Å². The fourth-order valence-corrected chi connectivity index (χ4v) is 0.271. The van der Waals surface area contributed by atoms with Crippen molar-refractivity contribution in [1.82, 2.24) is 0 Å². The molecule has 0 aliphatic carbocycles. The SMILES string of the molecule is C=C[CH]/C=C\C=C\N. The summed E-state index contributed by atoms with van der Waals surface area (Å²) < 4.78 is 0. The lowest BCUT2D eigenvalue weighted by Gasteiger charge is -1.72. The van der Waals surface area contributed by atoms with Crippen LogP contribution >= 0.6 is 0 Å². The lowest BCUT2D eigenvalue weighted by atomic mass is 10.4. The Morgan fingerprint density at radius 1 is 1.12 bits per heavy atom. The molecule has 0 aliphatic heterocycles. The fourth-order valence-electron chi connectivity index (χ4n) is 0.271. The van der Waals surface area contributed by atoms with Gasteiger partial charge in [-0.3, -0.25) is 0 Å². The average molecular weight is 108 g/mol. The van der Waals surface area contributed by atoms with E-state index < -0.39 is 0 Å². The molecule has 0 saturated carbocycles. The van der Waals surface area contributed by atoms with E-state index in [9.17, 15) is 0 Å². The molecule has 0 bridgehead atoms. The maximum atomic E-state index is 5.04. The van der Waals surface area contributed by atoms with Gasteiger partial charge in [-0.05, 0) is 12.3 Å². The molecule has 0 heterocycles. The molecule has 1 radical (unpaired) electrons. The molecular weight excluding hydrogens is 98.1 g/mol. The predicted octanol–water partition coefficient (Wildman–Crippen LogP) is 1.41. The van der Waals surface area contributed by atoms with Gasteiger partial charge in [-0.2, -0.15) is 0 Å². The van der Waals surface area contributed by atoms with Gasteiger partial charge in [0.15, 0.2) is 0 Å². The highest BCUT2D eigenvalue weighted by atomic mass is 14.5. The summed E-state index contributed by atoms with van der Waals surface area (Å²) in [4.78, 5) is 0. The van der Waals surface area contributed by atoms with Crippen molar-refractivity contribution in [2.45, 2.75) is 0 Å². The molecule has 0 fully saturated rings. The summed E-state index contributed by atoms with van der Waals surface area (Å²) >= 11 is 0. The first-order valence-electron chi connectivity index (χ1n) is 2.41. The van der Waals surface area contributed by atoms with E-state index in [0.29, 0.717) is 0 Å². The molecule has 0 aliphatic rings. The number of hydrogen-bond acceptors (Lipinski definition) is 1. The zero-order valence-electron chi connectivity index (χ0n) is 4.75. The van der Waals surface area contributed by atoms with Crippen molar-refractivity contribution in [3.8, 4) is 0 Å². The maximum absolute atomic E-state index is 5.04. The van der Waals surface area contributed by atoms with E-state index in [2.05, 4.69) is 6.58 Å². The van der Waals surface area contributed by atoms with Crippen molar-refractivity contribution in [3.05, 3.63) is 43.5 Å². The minimum absolute atomic E-state index is 1.48. The van der Waals surface area contributed by atoms with E-state index in [1.807, 2.05) is 18.6 Å². The molecule has 0 aromatic heterocycles. The second-order valence-corrected chi connectivity index (χ2v) is 1.20. The molecule has 0 aromatic rings. The lowest BCUT2D eigenvalue weighted by molar-refractivity contribution is 1.60. The Morgan fingerprint density at radius 2 is 1.88 bits per heavy atom. The quantitative estimate of drug-likeness (QED) is 0.543. The summed E-state index contributed by atoms with van der Waals surface area (Å²) in [7, 11) is 0. The number of rotatable bonds is 3. The van der Waals surface area contributed by atoms with Gasteiger partial charge in [0.1, 0.15) is 0 Å². The molecule has 0 amide bonds. The molecule has 1 nitrogen and oxygen atoms in total. The van der Waals surface area contributed by atoms with E-state index in [1.165, 1.54) is 6.20 Å². The molecule has 2 N–H and O–H groups in total. The summed E-state index contributed by atoms with van der Waals surface area (Å²) in [5.74, 6) is 0. The van der Waals surface area contributed by atoms with Gasteiger partial charge in [-0.1, -0.05) is 18.2 Å². The minimum Gasteiger partial charge on any atom is -0.405 e. The first kappa shape index (κ1) is 7.02. The summed E-state index contributed by atoms with van der Waals surface area (Å²) in [5, 5.41) is 0. The molecule has 8 heavy (non-hydrogen) atoms. The molecular formula is C7H10N. The zero-order chi connectivity index (χ0) is 6.24. The van der Waals surface area contributed by atoms with Crippen LogP contribution in [0.15, 0.2) is 37.1 Å². The molecule has 43 valence electrons. The Balaban J connectivity index is 3.19. The molecule has 0 aromatic carbocycles. The van der Waals surface area contributed by atoms with Crippen LogP contribution in [0.25, 0.3) is 0 Å². The van der Waals surface area contributed by atoms with Gasteiger partial charge in [0.2, 0.25) is 0 Å². The maximum Gasteiger partial charge on any atom is 0.00446 e. The van der Waals surface area contributed by atoms with Gasteiger partial charge in [0.25, 0.3) is 0 Å². The van der Waals surface area contributed by atoms with Crippen LogP contribution < -0.4 is 5.73 Å². The topological polar surface area (TPSA) is 26.0 Å². The Hall–Kier alpha value is -0.980. The van der Waals surface area contributed by atoms with Gasteiger partial charge in [-0.15, -0.1) is 6.58 Å². The van der Waals surface area contributed by atoms with E-state index in [4.69, 9.17) is 5.73 Å². The highest BCUT2D eigenvalue weighted by Crippen LogP contribution is 1.80. The van der Waals surface area contributed by atoms with Crippen molar-refractivity contribution in [2.24, 2.45) is 5.73 Å².